The van der Waals surface area contributed by atoms with Crippen LogP contribution in [0.25, 0.3) is 0 Å². The second-order valence-corrected chi connectivity index (χ2v) is 4.04. The van der Waals surface area contributed by atoms with Crippen LogP contribution in [0.1, 0.15) is 20.3 Å². The number of nitrogens with one attached hydrogen (secondary N) is 1. The molecular weight excluding hydrogens is 196 g/mol. The summed E-state index contributed by atoms with van der Waals surface area (Å²) in [4.78, 5) is 23.9. The van der Waals surface area contributed by atoms with Crippen LogP contribution < -0.4 is 5.32 Å². The highest BCUT2D eigenvalue weighted by Gasteiger charge is 2.20. The first kappa shape index (κ1) is 13.9. The molecule has 2 unspecified atom stereocenters. The largest absolute Gasteiger partial charge is 0.481 e. The summed E-state index contributed by atoms with van der Waals surface area (Å²) >= 11 is 0. The number of carboxylic acid groups (broad SMARTS) is 1. The van der Waals surface area contributed by atoms with Crippen LogP contribution in [0.15, 0.2) is 0 Å². The first-order valence-electron chi connectivity index (χ1n) is 5.01. The molecule has 0 aliphatic heterocycles. The molecule has 5 heteroatoms. The predicted octanol–water partition coefficient (Wildman–Crippen LogP) is 0.164. The topological polar surface area (TPSA) is 69.6 Å². The number of nitrogens with zero attached hydrogens (tertiary/aromatic N) is 1. The van der Waals surface area contributed by atoms with Gasteiger partial charge in [0.05, 0.1) is 5.92 Å². The molecule has 0 saturated carbocycles. The van der Waals surface area contributed by atoms with E-state index in [-0.39, 0.29) is 11.9 Å². The summed E-state index contributed by atoms with van der Waals surface area (Å²) in [6.07, 6.45) is 0.393. The van der Waals surface area contributed by atoms with Crippen molar-refractivity contribution in [2.45, 2.75) is 26.3 Å². The Morgan fingerprint density at radius 1 is 1.33 bits per heavy atom. The highest BCUT2D eigenvalue weighted by molar-refractivity contribution is 5.78. The fraction of sp³-hybridized carbons (Fsp3) is 0.800. The predicted molar refractivity (Wildman–Crippen MR) is 57.6 cm³/mol. The molecule has 0 aliphatic carbocycles. The van der Waals surface area contributed by atoms with Gasteiger partial charge in [-0.25, -0.2) is 0 Å². The summed E-state index contributed by atoms with van der Waals surface area (Å²) in [5, 5.41) is 11.4. The van der Waals surface area contributed by atoms with Crippen molar-refractivity contribution in [2.75, 3.05) is 20.6 Å². The first-order chi connectivity index (χ1) is 6.84. The maximum atomic E-state index is 11.4. The van der Waals surface area contributed by atoms with E-state index in [1.54, 1.807) is 13.8 Å². The van der Waals surface area contributed by atoms with Gasteiger partial charge in [-0.3, -0.25) is 9.59 Å². The number of carbonyl (C=O) groups is 2. The van der Waals surface area contributed by atoms with E-state index in [0.29, 0.717) is 13.0 Å². The molecule has 1 amide bonds. The summed E-state index contributed by atoms with van der Waals surface area (Å²) in [5.74, 6) is -1.56. The second kappa shape index (κ2) is 6.40. The number of rotatable bonds is 6. The average Bonchev–Trinajstić information content (AvgIpc) is 2.13. The zero-order valence-corrected chi connectivity index (χ0v) is 9.78. The van der Waals surface area contributed by atoms with Gasteiger partial charge in [0.1, 0.15) is 0 Å². The Kier molecular flexibility index (Phi) is 5.93. The summed E-state index contributed by atoms with van der Waals surface area (Å²) in [7, 11) is 3.77. The van der Waals surface area contributed by atoms with E-state index in [2.05, 4.69) is 5.32 Å². The molecule has 0 fully saturated rings. The normalized spacial score (nSPS) is 14.7. The molecule has 2 N–H and O–H groups in total. The van der Waals surface area contributed by atoms with Crippen LogP contribution in [-0.2, 0) is 9.59 Å². The van der Waals surface area contributed by atoms with Gasteiger partial charge in [-0.05, 0) is 27.9 Å². The van der Waals surface area contributed by atoms with E-state index in [0.717, 1.165) is 0 Å². The quantitative estimate of drug-likeness (QED) is 0.663. The molecule has 0 aromatic carbocycles. The molecule has 0 aliphatic rings. The van der Waals surface area contributed by atoms with Crippen LogP contribution in [0.3, 0.4) is 0 Å². The lowest BCUT2D eigenvalue weighted by atomic mass is 10.0. The maximum absolute atomic E-state index is 11.4. The summed E-state index contributed by atoms with van der Waals surface area (Å²) in [5.41, 5.74) is 0. The molecule has 0 aromatic heterocycles. The third-order valence-corrected chi connectivity index (χ3v) is 2.31. The van der Waals surface area contributed by atoms with Crippen LogP contribution >= 0.6 is 0 Å². The van der Waals surface area contributed by atoms with Crippen LogP contribution in [0, 0.1) is 5.92 Å². The molecule has 0 heterocycles. The molecule has 0 radical (unpaired) electrons. The summed E-state index contributed by atoms with van der Waals surface area (Å²) in [6, 6.07) is -0.336. The van der Waals surface area contributed by atoms with Crippen molar-refractivity contribution in [3.05, 3.63) is 0 Å². The van der Waals surface area contributed by atoms with Gasteiger partial charge >= 0.3 is 5.97 Å². The van der Waals surface area contributed by atoms with E-state index >= 15 is 0 Å². The molecule has 0 rings (SSSR count). The van der Waals surface area contributed by atoms with Crippen molar-refractivity contribution < 1.29 is 14.7 Å². The Hall–Kier alpha value is -1.10. The average molecular weight is 216 g/mol. The van der Waals surface area contributed by atoms with Gasteiger partial charge in [-0.2, -0.15) is 0 Å². The van der Waals surface area contributed by atoms with Gasteiger partial charge in [0.15, 0.2) is 0 Å². The fourth-order valence-corrected chi connectivity index (χ4v) is 0.990. The molecule has 0 aromatic rings. The van der Waals surface area contributed by atoms with Crippen molar-refractivity contribution in [3.63, 3.8) is 0 Å². The molecule has 88 valence electrons. The maximum Gasteiger partial charge on any atom is 0.308 e. The minimum atomic E-state index is -0.893. The van der Waals surface area contributed by atoms with Crippen LogP contribution in [0.2, 0.25) is 0 Å². The molecule has 2 atom stereocenters. The fourth-order valence-electron chi connectivity index (χ4n) is 0.990. The highest BCUT2D eigenvalue weighted by atomic mass is 16.4. The molecule has 5 nitrogen and oxygen atoms in total. The van der Waals surface area contributed by atoms with Crippen LogP contribution in [0.5, 0.6) is 0 Å². The smallest absolute Gasteiger partial charge is 0.308 e. The summed E-state index contributed by atoms with van der Waals surface area (Å²) in [6.45, 7) is 3.95. The Morgan fingerprint density at radius 2 is 1.87 bits per heavy atom. The van der Waals surface area contributed by atoms with Gasteiger partial charge in [0, 0.05) is 19.0 Å². The van der Waals surface area contributed by atoms with Crippen molar-refractivity contribution in [1.82, 2.24) is 10.2 Å². The van der Waals surface area contributed by atoms with Crippen LogP contribution in [-0.4, -0.2) is 48.6 Å². The molecule has 0 bridgehead atoms. The third-order valence-electron chi connectivity index (χ3n) is 2.31. The van der Waals surface area contributed by atoms with E-state index in [4.69, 9.17) is 5.11 Å². The lowest BCUT2D eigenvalue weighted by Crippen LogP contribution is -2.40. The molecule has 0 saturated heterocycles. The minimum Gasteiger partial charge on any atom is -0.481 e. The number of hydrogen-bond donors (Lipinski definition) is 2. The van der Waals surface area contributed by atoms with Gasteiger partial charge < -0.3 is 15.3 Å². The number of amides is 1. The van der Waals surface area contributed by atoms with Crippen molar-refractivity contribution in [2.24, 2.45) is 5.92 Å². The minimum absolute atomic E-state index is 0.107. The Labute approximate surface area is 90.5 Å². The lowest BCUT2D eigenvalue weighted by molar-refractivity contribution is -0.142. The number of carbonyl (C=O) groups excluding carboxylic acids is 1. The van der Waals surface area contributed by atoms with Crippen LogP contribution in [0.4, 0.5) is 0 Å². The van der Waals surface area contributed by atoms with Crippen molar-refractivity contribution in [1.29, 1.82) is 0 Å². The molecular formula is C10H20N2O3. The Morgan fingerprint density at radius 3 is 2.27 bits per heavy atom. The van der Waals surface area contributed by atoms with E-state index < -0.39 is 11.9 Å². The van der Waals surface area contributed by atoms with E-state index in [9.17, 15) is 9.59 Å². The zero-order chi connectivity index (χ0) is 12.0. The third kappa shape index (κ3) is 6.06. The van der Waals surface area contributed by atoms with Gasteiger partial charge in [0.25, 0.3) is 0 Å². The standard InChI is InChI=1S/C10H20N2O3/c1-7(10(14)15)8(2)11-9(13)5-6-12(3)4/h7-8H,5-6H2,1-4H3,(H,11,13)(H,14,15). The highest BCUT2D eigenvalue weighted by Crippen LogP contribution is 2.02. The monoisotopic (exact) mass is 216 g/mol. The van der Waals surface area contributed by atoms with Gasteiger partial charge in [0.2, 0.25) is 5.91 Å². The van der Waals surface area contributed by atoms with E-state index in [1.807, 2.05) is 19.0 Å². The second-order valence-electron chi connectivity index (χ2n) is 4.04. The van der Waals surface area contributed by atoms with Gasteiger partial charge in [-0.15, -0.1) is 0 Å². The first-order valence-corrected chi connectivity index (χ1v) is 5.01. The van der Waals surface area contributed by atoms with E-state index in [1.165, 1.54) is 0 Å². The number of hydrogen-bond acceptors (Lipinski definition) is 3. The number of aliphatic carboxylic acids is 1. The van der Waals surface area contributed by atoms with Gasteiger partial charge in [-0.1, -0.05) is 0 Å². The van der Waals surface area contributed by atoms with Crippen molar-refractivity contribution >= 4 is 11.9 Å². The Balaban J connectivity index is 3.91. The molecule has 15 heavy (non-hydrogen) atoms. The zero-order valence-electron chi connectivity index (χ0n) is 9.78. The SMILES string of the molecule is CC(NC(=O)CCN(C)C)C(C)C(=O)O. The summed E-state index contributed by atoms with van der Waals surface area (Å²) < 4.78 is 0. The molecule has 0 spiro atoms. The lowest BCUT2D eigenvalue weighted by Gasteiger charge is -2.18. The Bertz CT molecular complexity index is 229. The number of carboxylic acids is 1. The van der Waals surface area contributed by atoms with Crippen molar-refractivity contribution in [3.8, 4) is 0 Å².